The summed E-state index contributed by atoms with van der Waals surface area (Å²) in [4.78, 5) is 61.9. The minimum Gasteiger partial charge on any atom is -0.511 e. The quantitative estimate of drug-likeness (QED) is 0.0562. The monoisotopic (exact) mass is 1100 g/mol. The number of carboxylic acid groups (broad SMARTS) is 1. The Labute approximate surface area is 460 Å². The normalized spacial score (nSPS) is 43.6. The molecule has 3 aromatic rings. The Hall–Kier alpha value is -4.96. The van der Waals surface area contributed by atoms with Gasteiger partial charge in [0.25, 0.3) is 5.91 Å². The van der Waals surface area contributed by atoms with Crippen molar-refractivity contribution in [2.45, 2.75) is 211 Å². The number of H-pyrrole nitrogens is 2. The number of hydrogen-bond acceptors (Lipinski definition) is 15. The van der Waals surface area contributed by atoms with E-state index in [0.717, 1.165) is 22.7 Å². The highest BCUT2D eigenvalue weighted by Crippen LogP contribution is 2.60. The predicted molar refractivity (Wildman–Crippen MR) is 288 cm³/mol. The van der Waals surface area contributed by atoms with Crippen LogP contribution in [0.2, 0.25) is 0 Å². The number of carboxylic acids is 1. The zero-order valence-corrected chi connectivity index (χ0v) is 46.6. The van der Waals surface area contributed by atoms with Gasteiger partial charge in [-0.15, -0.1) is 0 Å². The van der Waals surface area contributed by atoms with E-state index in [9.17, 15) is 34.8 Å². The molecule has 6 heterocycles. The third-order valence-corrected chi connectivity index (χ3v) is 20.1. The van der Waals surface area contributed by atoms with Crippen molar-refractivity contribution in [2.24, 2.45) is 46.2 Å². The first-order chi connectivity index (χ1) is 37.4. The SMILES string of the molecule is CCC1CC2(C)C=C(C(=O)O)C(C)CC23NC(=O)C(=C(O)C2(C)C(C=CC4C(O[C@H]5CC[C@@H](O[C@@H]6C[C@@](C)(O)[C@@H](O[C@@H]7C[C@H](OC(=O)c8cc9c([nH]8)[nH]c8ccccc89)[C@H](N)[C@H](C)O7)[C@H](C)O6)[C@@H](C)O5)CCCC42)CC1O)C3=O. The first kappa shape index (κ1) is 55.9. The number of rotatable bonds is 10. The second kappa shape index (κ2) is 20.8. The highest BCUT2D eigenvalue weighted by Gasteiger charge is 2.66. The number of aliphatic hydroxyl groups excluding tert-OH is 2. The number of fused-ring (bicyclic) bond motifs is 7. The van der Waals surface area contributed by atoms with Gasteiger partial charge in [0.2, 0.25) is 0 Å². The molecule has 4 aliphatic heterocycles. The number of aliphatic hydroxyl groups is 3. The van der Waals surface area contributed by atoms with Crippen molar-refractivity contribution in [3.63, 3.8) is 0 Å². The van der Waals surface area contributed by atoms with E-state index in [4.69, 9.17) is 38.9 Å². The van der Waals surface area contributed by atoms with E-state index in [0.29, 0.717) is 43.4 Å². The van der Waals surface area contributed by atoms with Crippen LogP contribution in [0.15, 0.2) is 65.5 Å². The fourth-order valence-corrected chi connectivity index (χ4v) is 15.5. The van der Waals surface area contributed by atoms with Gasteiger partial charge in [-0.05, 0) is 102 Å². The minimum atomic E-state index is -1.51. The fourth-order valence-electron chi connectivity index (χ4n) is 15.5. The molecule has 1 aromatic carbocycles. The number of allylic oxidation sites excluding steroid dienone is 2. The maximum absolute atomic E-state index is 15.1. The molecule has 4 aliphatic carbocycles. The number of carbonyl (C=O) groups excluding carboxylic acids is 3. The van der Waals surface area contributed by atoms with Crippen LogP contribution < -0.4 is 11.1 Å². The van der Waals surface area contributed by atoms with Gasteiger partial charge in [0.1, 0.15) is 40.4 Å². The number of carbonyl (C=O) groups is 4. The van der Waals surface area contributed by atoms with Gasteiger partial charge in [-0.3, -0.25) is 9.59 Å². The summed E-state index contributed by atoms with van der Waals surface area (Å²) in [5, 5.41) is 52.0. The summed E-state index contributed by atoms with van der Waals surface area (Å²) in [5.74, 6) is -4.93. The van der Waals surface area contributed by atoms with E-state index in [1.165, 1.54) is 0 Å². The Balaban J connectivity index is 0.729. The molecule has 5 fully saturated rings. The number of nitrogens with two attached hydrogens (primary N) is 1. The number of benzene rings is 1. The van der Waals surface area contributed by atoms with Crippen molar-refractivity contribution in [3.05, 3.63) is 71.2 Å². The van der Waals surface area contributed by atoms with Crippen LogP contribution in [0.5, 0.6) is 0 Å². The van der Waals surface area contributed by atoms with Gasteiger partial charge in [0, 0.05) is 57.9 Å². The van der Waals surface area contributed by atoms with Crippen LogP contribution in [0.25, 0.3) is 21.9 Å². The largest absolute Gasteiger partial charge is 0.511 e. The molecule has 8 aliphatic rings. The van der Waals surface area contributed by atoms with Crippen molar-refractivity contribution >= 4 is 45.6 Å². The number of hydrogen-bond donors (Lipinski definition) is 8. The molecule has 2 aromatic heterocycles. The van der Waals surface area contributed by atoms with Gasteiger partial charge in [0.15, 0.2) is 24.7 Å². The number of para-hydroxylation sites is 1. The average Bonchev–Trinajstić information content (AvgIpc) is 4.21. The topological polar surface area (TPSA) is 283 Å². The number of ketones is 1. The van der Waals surface area contributed by atoms with Gasteiger partial charge in [0.05, 0.1) is 48.3 Å². The number of ether oxygens (including phenoxy) is 7. The van der Waals surface area contributed by atoms with E-state index in [2.05, 4.69) is 21.4 Å². The number of aliphatic carboxylic acids is 1. The van der Waals surface area contributed by atoms with E-state index in [1.54, 1.807) is 39.8 Å². The number of aromatic nitrogens is 2. The molecule has 21 atom stereocenters. The average molecular weight is 1100 g/mol. The smallest absolute Gasteiger partial charge is 0.355 e. The molecule has 11 rings (SSSR count). The van der Waals surface area contributed by atoms with Crippen LogP contribution >= 0.6 is 0 Å². The summed E-state index contributed by atoms with van der Waals surface area (Å²) >= 11 is 0. The second-order valence-electron chi connectivity index (χ2n) is 25.2. The van der Waals surface area contributed by atoms with Crippen molar-refractivity contribution in [2.75, 3.05) is 0 Å². The molecule has 430 valence electrons. The number of amides is 1. The molecule has 1 saturated carbocycles. The second-order valence-corrected chi connectivity index (χ2v) is 25.2. The predicted octanol–water partition coefficient (Wildman–Crippen LogP) is 7.30. The standard InChI is InChI=1S/C60H80N4O15/c1-9-32-25-57(6)26-37(55(69)70)28(2)24-60(57)51(67)48(54(68)64-60)50(66)59(8)33(21-41(32)65)17-18-35-38(59)14-12-16-43(35)77-45-20-19-42(29(3)73-45)76-47-27-58(7,72)52(31(5)75-47)79-46-23-44(49(61)30(4)74-46)78-56(71)40-22-36-34-13-10-11-15-39(34)62-53(36)63-40/h10-11,13,15,17-18,22,26,28-33,35,38,41-47,49,52,62-63,65-66,72H,9,12,14,16,19-21,23-25,27,61H2,1-8H3,(H,64,68)(H,69,70)/t28?,29-,30+,31+,32?,33?,35?,38?,41?,42-,43?,44+,45+,46-,47-,49-,52+,57?,58-,59?,60?/m1/s1. The van der Waals surface area contributed by atoms with Gasteiger partial charge < -0.3 is 74.6 Å². The maximum Gasteiger partial charge on any atom is 0.355 e. The van der Waals surface area contributed by atoms with Crippen LogP contribution in [-0.2, 0) is 47.5 Å². The third kappa shape index (κ3) is 9.59. The molecule has 19 nitrogen and oxygen atoms in total. The van der Waals surface area contributed by atoms with Gasteiger partial charge in [-0.2, -0.15) is 0 Å². The van der Waals surface area contributed by atoms with Crippen LogP contribution in [0.3, 0.4) is 0 Å². The molecule has 0 radical (unpaired) electrons. The Kier molecular flexibility index (Phi) is 14.7. The first-order valence-electron chi connectivity index (χ1n) is 28.8. The summed E-state index contributed by atoms with van der Waals surface area (Å²) < 4.78 is 45.0. The number of esters is 1. The maximum atomic E-state index is 15.1. The lowest BCUT2D eigenvalue weighted by molar-refractivity contribution is -0.339. The van der Waals surface area contributed by atoms with Crippen molar-refractivity contribution in [1.29, 1.82) is 0 Å². The summed E-state index contributed by atoms with van der Waals surface area (Å²) in [7, 11) is 0. The zero-order chi connectivity index (χ0) is 56.2. The summed E-state index contributed by atoms with van der Waals surface area (Å²) in [6.45, 7) is 14.7. The molecule has 19 heteroatoms. The lowest BCUT2D eigenvalue weighted by Gasteiger charge is -2.53. The van der Waals surface area contributed by atoms with Crippen molar-refractivity contribution < 1.29 is 72.8 Å². The zero-order valence-electron chi connectivity index (χ0n) is 46.6. The molecular weight excluding hydrogens is 1020 g/mol. The van der Waals surface area contributed by atoms with Crippen molar-refractivity contribution in [3.8, 4) is 0 Å². The Bertz CT molecular complexity index is 2960. The van der Waals surface area contributed by atoms with E-state index in [-0.39, 0.29) is 72.9 Å². The van der Waals surface area contributed by atoms with Crippen LogP contribution in [-0.4, -0.2) is 139 Å². The fraction of sp³-hybridized carbons (Fsp3) is 0.667. The van der Waals surface area contributed by atoms with Gasteiger partial charge >= 0.3 is 11.9 Å². The van der Waals surface area contributed by atoms with Gasteiger partial charge in [-0.1, -0.05) is 77.0 Å². The highest BCUT2D eigenvalue weighted by molar-refractivity contribution is 6.29. The number of Topliss-reactive ketones (excluding diaryl/α,β-unsaturated/α-hetero) is 1. The summed E-state index contributed by atoms with van der Waals surface area (Å²) in [6, 6.07) is 8.98. The van der Waals surface area contributed by atoms with Gasteiger partial charge in [-0.25, -0.2) is 9.59 Å². The molecule has 4 saturated heterocycles. The molecule has 1 spiro atoms. The molecule has 2 bridgehead atoms. The lowest BCUT2D eigenvalue weighted by atomic mass is 9.53. The minimum absolute atomic E-state index is 0.0497. The van der Waals surface area contributed by atoms with Crippen LogP contribution in [0.1, 0.15) is 137 Å². The van der Waals surface area contributed by atoms with E-state index < -0.39 is 125 Å². The molecule has 10 unspecified atom stereocenters. The molecule has 9 N–H and O–H groups in total. The van der Waals surface area contributed by atoms with E-state index >= 15 is 4.79 Å². The van der Waals surface area contributed by atoms with Crippen molar-refractivity contribution in [1.82, 2.24) is 15.3 Å². The Morgan fingerprint density at radius 2 is 1.56 bits per heavy atom. The first-order valence-corrected chi connectivity index (χ1v) is 28.8. The summed E-state index contributed by atoms with van der Waals surface area (Å²) in [6.07, 6.45) is 3.43. The Morgan fingerprint density at radius 3 is 2.29 bits per heavy atom. The molecule has 1 amide bonds. The van der Waals surface area contributed by atoms with Crippen LogP contribution in [0, 0.1) is 40.4 Å². The molecular formula is C60H80N4O15. The molecule has 79 heavy (non-hydrogen) atoms. The lowest BCUT2D eigenvalue weighted by Crippen LogP contribution is -2.61. The van der Waals surface area contributed by atoms with Crippen LogP contribution in [0.4, 0.5) is 0 Å². The van der Waals surface area contributed by atoms with E-state index in [1.807, 2.05) is 58.0 Å². The highest BCUT2D eigenvalue weighted by atomic mass is 16.7. The Morgan fingerprint density at radius 1 is 0.823 bits per heavy atom. The third-order valence-electron chi connectivity index (χ3n) is 20.1. The summed E-state index contributed by atoms with van der Waals surface area (Å²) in [5.41, 5.74) is 3.17. The number of nitrogens with one attached hydrogen (secondary N) is 3. The number of aromatic amines is 2.